The van der Waals surface area contributed by atoms with E-state index < -0.39 is 0 Å². The number of hydrogen-bond donors (Lipinski definition) is 1. The van der Waals surface area contributed by atoms with E-state index in [9.17, 15) is 4.79 Å². The van der Waals surface area contributed by atoms with Crippen LogP contribution in [0.25, 0.3) is 11.5 Å². The largest absolute Gasteiger partial charge is 0.461 e. The number of carbonyl (C=O) groups excluding carboxylic acids is 1. The third-order valence-corrected chi connectivity index (χ3v) is 3.15. The van der Waals surface area contributed by atoms with Crippen molar-refractivity contribution in [1.29, 1.82) is 0 Å². The molecule has 108 valence electrons. The summed E-state index contributed by atoms with van der Waals surface area (Å²) < 4.78 is 10.3. The number of hydrogen-bond acceptors (Lipinski definition) is 5. The monoisotopic (exact) mass is 297 g/mol. The zero-order valence-electron chi connectivity index (χ0n) is 11.0. The van der Waals surface area contributed by atoms with Gasteiger partial charge in [-0.15, -0.1) is 12.4 Å². The Bertz CT molecular complexity index is 567. The lowest BCUT2D eigenvalue weighted by atomic mass is 10.2. The minimum atomic E-state index is -0.102. The van der Waals surface area contributed by atoms with E-state index in [1.165, 1.54) is 0 Å². The van der Waals surface area contributed by atoms with E-state index >= 15 is 0 Å². The van der Waals surface area contributed by atoms with E-state index in [-0.39, 0.29) is 18.3 Å². The van der Waals surface area contributed by atoms with E-state index in [1.54, 1.807) is 29.4 Å². The fourth-order valence-electron chi connectivity index (χ4n) is 2.19. The van der Waals surface area contributed by atoms with E-state index in [1.807, 2.05) is 0 Å². The fourth-order valence-corrected chi connectivity index (χ4v) is 2.19. The van der Waals surface area contributed by atoms with Crippen molar-refractivity contribution >= 4 is 18.3 Å². The summed E-state index contributed by atoms with van der Waals surface area (Å²) in [5.74, 6) is 0.937. The molecule has 0 aliphatic carbocycles. The maximum absolute atomic E-state index is 12.3. The highest BCUT2D eigenvalue weighted by atomic mass is 35.5. The maximum atomic E-state index is 12.3. The Hall–Kier alpha value is -1.79. The van der Waals surface area contributed by atoms with Crippen LogP contribution in [0.1, 0.15) is 17.4 Å². The lowest BCUT2D eigenvalue weighted by Crippen LogP contribution is -2.51. The molecule has 6 nitrogen and oxygen atoms in total. The molecule has 1 fully saturated rings. The normalized spacial score (nSPS) is 18.6. The molecule has 0 radical (unpaired) electrons. The first kappa shape index (κ1) is 14.6. The predicted molar refractivity (Wildman–Crippen MR) is 74.8 cm³/mol. The van der Waals surface area contributed by atoms with E-state index in [0.717, 1.165) is 6.54 Å². The zero-order valence-corrected chi connectivity index (χ0v) is 11.9. The van der Waals surface area contributed by atoms with Crippen LogP contribution in [0.3, 0.4) is 0 Å². The van der Waals surface area contributed by atoms with Gasteiger partial charge in [-0.2, -0.15) is 0 Å². The molecule has 0 bridgehead atoms. The first-order valence-electron chi connectivity index (χ1n) is 6.27. The van der Waals surface area contributed by atoms with Crippen molar-refractivity contribution < 1.29 is 13.7 Å². The smallest absolute Gasteiger partial charge is 0.276 e. The summed E-state index contributed by atoms with van der Waals surface area (Å²) in [5.41, 5.74) is 0.320. The van der Waals surface area contributed by atoms with Gasteiger partial charge in [0, 0.05) is 31.7 Å². The second kappa shape index (κ2) is 6.11. The molecule has 1 aliphatic heterocycles. The molecule has 2 aromatic rings. The molecule has 0 spiro atoms. The number of carbonyl (C=O) groups is 1. The van der Waals surface area contributed by atoms with Crippen LogP contribution in [0.5, 0.6) is 0 Å². The Labute approximate surface area is 122 Å². The number of nitrogens with one attached hydrogen (secondary N) is 1. The molecule has 0 aromatic carbocycles. The van der Waals surface area contributed by atoms with Crippen molar-refractivity contribution in [2.45, 2.75) is 13.0 Å². The SMILES string of the molecule is CC1CN(C(=O)c2cc(-c3ccco3)on2)CCN1.Cl. The summed E-state index contributed by atoms with van der Waals surface area (Å²) in [4.78, 5) is 14.1. The van der Waals surface area contributed by atoms with Gasteiger partial charge in [0.05, 0.1) is 6.26 Å². The lowest BCUT2D eigenvalue weighted by Gasteiger charge is -2.31. The van der Waals surface area contributed by atoms with Crippen LogP contribution in [0.2, 0.25) is 0 Å². The Balaban J connectivity index is 0.00000147. The third-order valence-electron chi connectivity index (χ3n) is 3.15. The number of amides is 1. The second-order valence-corrected chi connectivity index (χ2v) is 4.66. The van der Waals surface area contributed by atoms with Gasteiger partial charge in [0.1, 0.15) is 0 Å². The van der Waals surface area contributed by atoms with E-state index in [4.69, 9.17) is 8.94 Å². The first-order chi connectivity index (χ1) is 9.24. The van der Waals surface area contributed by atoms with E-state index in [2.05, 4.69) is 17.4 Å². The summed E-state index contributed by atoms with van der Waals surface area (Å²) in [7, 11) is 0. The highest BCUT2D eigenvalue weighted by molar-refractivity contribution is 5.93. The molecule has 1 unspecified atom stereocenters. The lowest BCUT2D eigenvalue weighted by molar-refractivity contribution is 0.0698. The van der Waals surface area contributed by atoms with E-state index in [0.29, 0.717) is 36.3 Å². The summed E-state index contributed by atoms with van der Waals surface area (Å²) in [6, 6.07) is 5.45. The van der Waals surface area contributed by atoms with Gasteiger partial charge in [-0.1, -0.05) is 5.16 Å². The molecule has 1 N–H and O–H groups in total. The zero-order chi connectivity index (χ0) is 13.2. The molecule has 1 aliphatic rings. The first-order valence-corrected chi connectivity index (χ1v) is 6.27. The van der Waals surface area contributed by atoms with Gasteiger partial charge in [0.2, 0.25) is 5.76 Å². The Morgan fingerprint density at radius 3 is 3.05 bits per heavy atom. The molecule has 1 amide bonds. The molecule has 0 saturated carbocycles. The van der Waals surface area contributed by atoms with Gasteiger partial charge in [-0.3, -0.25) is 4.79 Å². The van der Waals surface area contributed by atoms with Crippen molar-refractivity contribution in [3.63, 3.8) is 0 Å². The van der Waals surface area contributed by atoms with Crippen molar-refractivity contribution in [3.05, 3.63) is 30.2 Å². The molecule has 2 aromatic heterocycles. The Morgan fingerprint density at radius 1 is 1.50 bits per heavy atom. The maximum Gasteiger partial charge on any atom is 0.276 e. The topological polar surface area (TPSA) is 71.5 Å². The average molecular weight is 298 g/mol. The molecule has 3 rings (SSSR count). The van der Waals surface area contributed by atoms with Crippen LogP contribution in [0.15, 0.2) is 33.4 Å². The van der Waals surface area contributed by atoms with Gasteiger partial charge < -0.3 is 19.2 Å². The molecular weight excluding hydrogens is 282 g/mol. The summed E-state index contributed by atoms with van der Waals surface area (Å²) in [5, 5.41) is 7.12. The van der Waals surface area contributed by atoms with Gasteiger partial charge in [-0.05, 0) is 19.1 Å². The van der Waals surface area contributed by atoms with Crippen LogP contribution >= 0.6 is 12.4 Å². The number of nitrogens with zero attached hydrogens (tertiary/aromatic N) is 2. The summed E-state index contributed by atoms with van der Waals surface area (Å²) >= 11 is 0. The van der Waals surface area contributed by atoms with Gasteiger partial charge in [-0.25, -0.2) is 0 Å². The van der Waals surface area contributed by atoms with Crippen LogP contribution < -0.4 is 5.32 Å². The van der Waals surface area contributed by atoms with Crippen molar-refractivity contribution in [2.75, 3.05) is 19.6 Å². The summed E-state index contributed by atoms with van der Waals surface area (Å²) in [6.07, 6.45) is 1.55. The van der Waals surface area contributed by atoms with Crippen LogP contribution in [-0.2, 0) is 0 Å². The van der Waals surface area contributed by atoms with Crippen LogP contribution in [0.4, 0.5) is 0 Å². The third kappa shape index (κ3) is 2.86. The van der Waals surface area contributed by atoms with Gasteiger partial charge in [0.15, 0.2) is 11.5 Å². The number of aromatic nitrogens is 1. The fraction of sp³-hybridized carbons (Fsp3) is 0.385. The van der Waals surface area contributed by atoms with Gasteiger partial charge in [0.25, 0.3) is 5.91 Å². The number of furan rings is 1. The van der Waals surface area contributed by atoms with Crippen molar-refractivity contribution in [3.8, 4) is 11.5 Å². The number of rotatable bonds is 2. The van der Waals surface area contributed by atoms with Crippen molar-refractivity contribution in [1.82, 2.24) is 15.4 Å². The quantitative estimate of drug-likeness (QED) is 0.915. The minimum absolute atomic E-state index is 0. The molecule has 1 atom stereocenters. The highest BCUT2D eigenvalue weighted by Crippen LogP contribution is 2.21. The Morgan fingerprint density at radius 2 is 2.35 bits per heavy atom. The van der Waals surface area contributed by atoms with Gasteiger partial charge >= 0.3 is 0 Å². The molecule has 3 heterocycles. The predicted octanol–water partition coefficient (Wildman–Crippen LogP) is 1.79. The summed E-state index contributed by atoms with van der Waals surface area (Å²) in [6.45, 7) is 4.22. The second-order valence-electron chi connectivity index (χ2n) is 4.66. The average Bonchev–Trinajstić information content (AvgIpc) is 3.08. The Kier molecular flexibility index (Phi) is 4.46. The number of piperazine rings is 1. The van der Waals surface area contributed by atoms with Crippen LogP contribution in [-0.4, -0.2) is 41.6 Å². The standard InChI is InChI=1S/C13H15N3O3.ClH/c1-9-8-16(5-4-14-9)13(17)10-7-12(19-15-10)11-3-2-6-18-11;/h2-3,6-7,9,14H,4-5,8H2,1H3;1H. The molecular formula is C13H16ClN3O3. The van der Waals surface area contributed by atoms with Crippen LogP contribution in [0, 0.1) is 0 Å². The molecule has 7 heteroatoms. The molecule has 20 heavy (non-hydrogen) atoms. The minimum Gasteiger partial charge on any atom is -0.461 e. The highest BCUT2D eigenvalue weighted by Gasteiger charge is 2.24. The van der Waals surface area contributed by atoms with Crippen molar-refractivity contribution in [2.24, 2.45) is 0 Å². The number of halogens is 1. The molecule has 1 saturated heterocycles.